The Morgan fingerprint density at radius 1 is 1.35 bits per heavy atom. The fourth-order valence-electron chi connectivity index (χ4n) is 1.68. The summed E-state index contributed by atoms with van der Waals surface area (Å²) < 4.78 is 5.34. The van der Waals surface area contributed by atoms with E-state index in [0.29, 0.717) is 6.42 Å². The van der Waals surface area contributed by atoms with Crippen LogP contribution >= 0.6 is 0 Å². The molecule has 100 valence electrons. The Hall–Kier alpha value is -0.630. The Balaban J connectivity index is 3.96. The molecule has 0 aromatic heterocycles. The molecule has 0 aliphatic rings. The van der Waals surface area contributed by atoms with Crippen LogP contribution in [0.25, 0.3) is 0 Å². The number of likely N-dealkylation sites (N-methyl/N-ethyl adjacent to an activating group) is 1. The standard InChI is InChI=1S/C13H27N3O/c1-6-16(7-2)9-8-15-12(11-14)10-13(3,4)17-5/h12,15H,6-10H2,1-5H3. The van der Waals surface area contributed by atoms with E-state index in [0.717, 1.165) is 26.2 Å². The maximum Gasteiger partial charge on any atom is 0.0980 e. The zero-order valence-corrected chi connectivity index (χ0v) is 11.9. The van der Waals surface area contributed by atoms with E-state index in [1.807, 2.05) is 13.8 Å². The Bertz CT molecular complexity index is 231. The first-order valence-electron chi connectivity index (χ1n) is 6.39. The van der Waals surface area contributed by atoms with Gasteiger partial charge in [0.05, 0.1) is 17.7 Å². The third kappa shape index (κ3) is 7.32. The van der Waals surface area contributed by atoms with E-state index >= 15 is 0 Å². The van der Waals surface area contributed by atoms with E-state index in [4.69, 9.17) is 10.00 Å². The van der Waals surface area contributed by atoms with Gasteiger partial charge in [-0.25, -0.2) is 0 Å². The molecule has 0 heterocycles. The molecule has 0 bridgehead atoms. The van der Waals surface area contributed by atoms with Crippen molar-refractivity contribution in [3.8, 4) is 6.07 Å². The number of nitriles is 1. The van der Waals surface area contributed by atoms with Crippen molar-refractivity contribution in [3.63, 3.8) is 0 Å². The molecule has 4 nitrogen and oxygen atoms in total. The highest BCUT2D eigenvalue weighted by Gasteiger charge is 2.22. The summed E-state index contributed by atoms with van der Waals surface area (Å²) in [5.74, 6) is 0. The second kappa shape index (κ2) is 8.46. The quantitative estimate of drug-likeness (QED) is 0.666. The van der Waals surface area contributed by atoms with Crippen molar-refractivity contribution in [2.75, 3.05) is 33.3 Å². The fourth-order valence-corrected chi connectivity index (χ4v) is 1.68. The Labute approximate surface area is 106 Å². The summed E-state index contributed by atoms with van der Waals surface area (Å²) in [5, 5.41) is 12.4. The Kier molecular flexibility index (Phi) is 8.15. The van der Waals surface area contributed by atoms with Crippen LogP contribution in [0.2, 0.25) is 0 Å². The van der Waals surface area contributed by atoms with Gasteiger partial charge in [0, 0.05) is 26.6 Å². The summed E-state index contributed by atoms with van der Waals surface area (Å²) in [5.41, 5.74) is -0.247. The van der Waals surface area contributed by atoms with Gasteiger partial charge in [0.1, 0.15) is 0 Å². The molecule has 0 aromatic rings. The lowest BCUT2D eigenvalue weighted by Crippen LogP contribution is -2.40. The van der Waals surface area contributed by atoms with Crippen molar-refractivity contribution in [1.29, 1.82) is 5.26 Å². The molecular weight excluding hydrogens is 214 g/mol. The molecule has 0 saturated carbocycles. The third-order valence-corrected chi connectivity index (χ3v) is 3.12. The van der Waals surface area contributed by atoms with Crippen molar-refractivity contribution in [1.82, 2.24) is 10.2 Å². The number of hydrogen-bond donors (Lipinski definition) is 1. The van der Waals surface area contributed by atoms with Crippen LogP contribution in [0.5, 0.6) is 0 Å². The minimum atomic E-state index is -0.247. The molecule has 0 saturated heterocycles. The van der Waals surface area contributed by atoms with Crippen LogP contribution in [0.1, 0.15) is 34.1 Å². The molecule has 0 aromatic carbocycles. The number of methoxy groups -OCH3 is 1. The summed E-state index contributed by atoms with van der Waals surface area (Å²) >= 11 is 0. The van der Waals surface area contributed by atoms with Gasteiger partial charge < -0.3 is 15.0 Å². The van der Waals surface area contributed by atoms with Gasteiger partial charge in [-0.1, -0.05) is 13.8 Å². The van der Waals surface area contributed by atoms with Gasteiger partial charge in [0.15, 0.2) is 0 Å². The van der Waals surface area contributed by atoms with Crippen molar-refractivity contribution in [2.24, 2.45) is 0 Å². The maximum absolute atomic E-state index is 9.08. The molecule has 17 heavy (non-hydrogen) atoms. The van der Waals surface area contributed by atoms with Crippen LogP contribution in [0, 0.1) is 11.3 Å². The first-order chi connectivity index (χ1) is 7.99. The van der Waals surface area contributed by atoms with Crippen LogP contribution in [-0.2, 0) is 4.74 Å². The molecule has 0 spiro atoms. The average molecular weight is 241 g/mol. The number of rotatable bonds is 9. The largest absolute Gasteiger partial charge is 0.379 e. The van der Waals surface area contributed by atoms with E-state index in [1.54, 1.807) is 7.11 Å². The molecule has 0 aliphatic heterocycles. The lowest BCUT2D eigenvalue weighted by molar-refractivity contribution is 0.0111. The number of nitrogens with one attached hydrogen (secondary N) is 1. The van der Waals surface area contributed by atoms with E-state index in [-0.39, 0.29) is 11.6 Å². The average Bonchev–Trinajstić information content (AvgIpc) is 2.33. The Morgan fingerprint density at radius 3 is 2.35 bits per heavy atom. The summed E-state index contributed by atoms with van der Waals surface area (Å²) in [6, 6.07) is 2.15. The van der Waals surface area contributed by atoms with Gasteiger partial charge in [0.2, 0.25) is 0 Å². The zero-order chi connectivity index (χ0) is 13.3. The highest BCUT2D eigenvalue weighted by molar-refractivity contribution is 4.94. The highest BCUT2D eigenvalue weighted by atomic mass is 16.5. The Morgan fingerprint density at radius 2 is 1.94 bits per heavy atom. The summed E-state index contributed by atoms with van der Waals surface area (Å²) in [6.07, 6.45) is 0.707. The van der Waals surface area contributed by atoms with Crippen LogP contribution in [0.15, 0.2) is 0 Å². The number of nitrogens with zero attached hydrogens (tertiary/aromatic N) is 2. The van der Waals surface area contributed by atoms with Gasteiger partial charge in [0.25, 0.3) is 0 Å². The summed E-state index contributed by atoms with van der Waals surface area (Å²) in [4.78, 5) is 2.34. The first kappa shape index (κ1) is 16.4. The topological polar surface area (TPSA) is 48.3 Å². The molecule has 0 rings (SSSR count). The predicted molar refractivity (Wildman–Crippen MR) is 70.9 cm³/mol. The molecule has 4 heteroatoms. The van der Waals surface area contributed by atoms with Crippen LogP contribution in [-0.4, -0.2) is 49.8 Å². The third-order valence-electron chi connectivity index (χ3n) is 3.12. The second-order valence-corrected chi connectivity index (χ2v) is 4.83. The van der Waals surface area contributed by atoms with Gasteiger partial charge in [-0.05, 0) is 26.9 Å². The molecule has 1 atom stereocenters. The molecule has 0 fully saturated rings. The number of ether oxygens (including phenoxy) is 1. The van der Waals surface area contributed by atoms with Crippen molar-refractivity contribution in [2.45, 2.75) is 45.8 Å². The minimum absolute atomic E-state index is 0.138. The normalized spacial score (nSPS) is 13.7. The fraction of sp³-hybridized carbons (Fsp3) is 0.923. The minimum Gasteiger partial charge on any atom is -0.379 e. The monoisotopic (exact) mass is 241 g/mol. The first-order valence-corrected chi connectivity index (χ1v) is 6.39. The molecule has 0 aliphatic carbocycles. The van der Waals surface area contributed by atoms with Crippen LogP contribution in [0.3, 0.4) is 0 Å². The van der Waals surface area contributed by atoms with Gasteiger partial charge in [-0.2, -0.15) is 5.26 Å². The van der Waals surface area contributed by atoms with Crippen molar-refractivity contribution >= 4 is 0 Å². The summed E-state index contributed by atoms with van der Waals surface area (Å²) in [6.45, 7) is 12.3. The van der Waals surface area contributed by atoms with Crippen LogP contribution in [0.4, 0.5) is 0 Å². The van der Waals surface area contributed by atoms with E-state index in [1.165, 1.54) is 0 Å². The molecule has 0 amide bonds. The predicted octanol–water partition coefficient (Wildman–Crippen LogP) is 1.63. The SMILES string of the molecule is CCN(CC)CCNC(C#N)CC(C)(C)OC. The maximum atomic E-state index is 9.08. The molecular formula is C13H27N3O. The second-order valence-electron chi connectivity index (χ2n) is 4.83. The molecule has 1 unspecified atom stereocenters. The smallest absolute Gasteiger partial charge is 0.0980 e. The highest BCUT2D eigenvalue weighted by Crippen LogP contribution is 2.15. The lowest BCUT2D eigenvalue weighted by atomic mass is 9.99. The van der Waals surface area contributed by atoms with E-state index < -0.39 is 0 Å². The molecule has 1 N–H and O–H groups in total. The zero-order valence-electron chi connectivity index (χ0n) is 11.9. The summed E-state index contributed by atoms with van der Waals surface area (Å²) in [7, 11) is 1.68. The van der Waals surface area contributed by atoms with E-state index in [9.17, 15) is 0 Å². The van der Waals surface area contributed by atoms with Crippen LogP contribution < -0.4 is 5.32 Å². The van der Waals surface area contributed by atoms with Crippen molar-refractivity contribution in [3.05, 3.63) is 0 Å². The van der Waals surface area contributed by atoms with Gasteiger partial charge in [-0.3, -0.25) is 0 Å². The lowest BCUT2D eigenvalue weighted by Gasteiger charge is -2.26. The van der Waals surface area contributed by atoms with Crippen molar-refractivity contribution < 1.29 is 4.74 Å². The molecule has 0 radical (unpaired) electrons. The van der Waals surface area contributed by atoms with Gasteiger partial charge in [-0.15, -0.1) is 0 Å². The van der Waals surface area contributed by atoms with E-state index in [2.05, 4.69) is 30.1 Å². The number of hydrogen-bond acceptors (Lipinski definition) is 4. The van der Waals surface area contributed by atoms with Gasteiger partial charge >= 0.3 is 0 Å².